The number of nitrogens with zero attached hydrogens (tertiary/aromatic N) is 1. The average molecular weight is 291 g/mol. The van der Waals surface area contributed by atoms with E-state index < -0.39 is 7.81 Å². The van der Waals surface area contributed by atoms with Gasteiger partial charge in [0.25, 0.3) is 0 Å². The second-order valence-electron chi connectivity index (χ2n) is 4.54. The van der Waals surface area contributed by atoms with Gasteiger partial charge in [-0.3, -0.25) is 0 Å². The van der Waals surface area contributed by atoms with Crippen LogP contribution in [0.4, 0.5) is 25.2 Å². The predicted molar refractivity (Wildman–Crippen MR) is 57.3 cm³/mol. The molecule has 0 aromatic heterocycles. The quantitative estimate of drug-likeness (QED) is 0.311. The Bertz CT molecular complexity index is 219. The van der Waals surface area contributed by atoms with Crippen LogP contribution >= 0.6 is 7.81 Å². The molecule has 0 aromatic carbocycles. The molecule has 0 fully saturated rings. The van der Waals surface area contributed by atoms with Crippen molar-refractivity contribution < 1.29 is 34.4 Å². The summed E-state index contributed by atoms with van der Waals surface area (Å²) in [5.41, 5.74) is 0. The Morgan fingerprint density at radius 2 is 1.29 bits per heavy atom. The van der Waals surface area contributed by atoms with Gasteiger partial charge >= 0.3 is 33.0 Å². The minimum atomic E-state index is -10.7. The molecule has 0 bridgehead atoms. The van der Waals surface area contributed by atoms with Crippen LogP contribution in [-0.4, -0.2) is 38.5 Å². The van der Waals surface area contributed by atoms with Crippen LogP contribution in [0.15, 0.2) is 0 Å². The Kier molecular flexibility index (Phi) is 5.55. The van der Waals surface area contributed by atoms with Crippen molar-refractivity contribution in [2.24, 2.45) is 0 Å². The second kappa shape index (κ2) is 4.90. The summed E-state index contributed by atoms with van der Waals surface area (Å²) in [7, 11) is -4.24. The van der Waals surface area contributed by atoms with Crippen LogP contribution in [0, 0.1) is 0 Å². The van der Waals surface area contributed by atoms with E-state index in [1.807, 2.05) is 0 Å². The molecule has 0 spiro atoms. The average Bonchev–Trinajstić information content (AvgIpc) is 1.91. The molecule has 110 valence electrons. The van der Waals surface area contributed by atoms with Gasteiger partial charge in [-0.25, -0.2) is 0 Å². The third-order valence-electron chi connectivity index (χ3n) is 1.65. The van der Waals surface area contributed by atoms with Crippen molar-refractivity contribution in [2.75, 3.05) is 27.7 Å². The SMILES string of the molecule is CCCOC(C)[N+](C)(C)C.F[P-](F)(F)(F)(F)F. The van der Waals surface area contributed by atoms with Gasteiger partial charge in [0.2, 0.25) is 0 Å². The second-order valence-corrected chi connectivity index (χ2v) is 6.46. The van der Waals surface area contributed by atoms with Crippen molar-refractivity contribution in [3.05, 3.63) is 0 Å². The van der Waals surface area contributed by atoms with Gasteiger partial charge in [-0.2, -0.15) is 0 Å². The zero-order chi connectivity index (χ0) is 14.6. The van der Waals surface area contributed by atoms with Crippen molar-refractivity contribution in [3.8, 4) is 0 Å². The predicted octanol–water partition coefficient (Wildman–Crippen LogP) is 4.85. The van der Waals surface area contributed by atoms with Gasteiger partial charge in [0.15, 0.2) is 6.23 Å². The maximum absolute atomic E-state index is 10.7. The molecule has 9 heteroatoms. The fraction of sp³-hybridized carbons (Fsp3) is 1.00. The van der Waals surface area contributed by atoms with E-state index in [4.69, 9.17) is 4.74 Å². The number of quaternary nitrogens is 1. The molecule has 0 aliphatic carbocycles. The molecule has 0 amide bonds. The monoisotopic (exact) mass is 291 g/mol. The molecule has 0 heterocycles. The van der Waals surface area contributed by atoms with E-state index in [9.17, 15) is 25.2 Å². The summed E-state index contributed by atoms with van der Waals surface area (Å²) in [5, 5.41) is 0. The van der Waals surface area contributed by atoms with E-state index in [0.717, 1.165) is 17.5 Å². The molecule has 1 atom stereocenters. The summed E-state index contributed by atoms with van der Waals surface area (Å²) in [6, 6.07) is 0. The third-order valence-corrected chi connectivity index (χ3v) is 1.65. The molecule has 0 saturated heterocycles. The van der Waals surface area contributed by atoms with Crippen LogP contribution in [0.25, 0.3) is 0 Å². The number of halogens is 6. The molecule has 1 unspecified atom stereocenters. The minimum absolute atomic E-state index is 0.306. The van der Waals surface area contributed by atoms with E-state index in [-0.39, 0.29) is 0 Å². The topological polar surface area (TPSA) is 9.23 Å². The fourth-order valence-corrected chi connectivity index (χ4v) is 0.512. The zero-order valence-electron chi connectivity index (χ0n) is 10.6. The van der Waals surface area contributed by atoms with E-state index in [0.29, 0.717) is 6.23 Å². The summed E-state index contributed by atoms with van der Waals surface area (Å²) in [6.45, 7) is 5.11. The van der Waals surface area contributed by atoms with Crippen LogP contribution in [0.3, 0.4) is 0 Å². The van der Waals surface area contributed by atoms with E-state index in [2.05, 4.69) is 35.0 Å². The van der Waals surface area contributed by atoms with Crippen LogP contribution in [-0.2, 0) is 4.74 Å². The standard InChI is InChI=1S/C8H20NO.F6P/c1-6-7-10-8(2)9(3,4)5;1-7(2,3,4,5)6/h8H,6-7H2,1-5H3;/q+1;-1. The molecule has 0 radical (unpaired) electrons. The van der Waals surface area contributed by atoms with Crippen LogP contribution < -0.4 is 0 Å². The molecule has 0 aliphatic heterocycles. The first-order valence-electron chi connectivity index (χ1n) is 4.92. The van der Waals surface area contributed by atoms with Gasteiger partial charge in [-0.05, 0) is 6.42 Å². The molecular formula is C8H20F6NOP. The first kappa shape index (κ1) is 19.3. The molecule has 0 saturated carbocycles. The summed E-state index contributed by atoms with van der Waals surface area (Å²) in [5.74, 6) is 0. The zero-order valence-corrected chi connectivity index (χ0v) is 11.5. The Labute approximate surface area is 97.4 Å². The van der Waals surface area contributed by atoms with Crippen LogP contribution in [0.1, 0.15) is 20.3 Å². The van der Waals surface area contributed by atoms with E-state index in [1.54, 1.807) is 0 Å². The first-order valence-corrected chi connectivity index (χ1v) is 6.95. The first-order chi connectivity index (χ1) is 6.93. The molecule has 17 heavy (non-hydrogen) atoms. The summed E-state index contributed by atoms with van der Waals surface area (Å²) >= 11 is 0. The van der Waals surface area contributed by atoms with Gasteiger partial charge in [0, 0.05) is 6.92 Å². The van der Waals surface area contributed by atoms with Crippen molar-refractivity contribution >= 4 is 7.81 Å². The maximum atomic E-state index is 9.87. The number of ether oxygens (including phenoxy) is 1. The van der Waals surface area contributed by atoms with Gasteiger partial charge < -0.3 is 9.22 Å². The van der Waals surface area contributed by atoms with Crippen molar-refractivity contribution in [1.82, 2.24) is 0 Å². The van der Waals surface area contributed by atoms with Crippen molar-refractivity contribution in [2.45, 2.75) is 26.5 Å². The Hall–Kier alpha value is -0.0700. The van der Waals surface area contributed by atoms with Crippen LogP contribution in [0.2, 0.25) is 0 Å². The normalized spacial score (nSPS) is 18.5. The molecule has 0 aliphatic rings. The molecule has 2 nitrogen and oxygen atoms in total. The van der Waals surface area contributed by atoms with Crippen molar-refractivity contribution in [1.29, 1.82) is 0 Å². The summed E-state index contributed by atoms with van der Waals surface area (Å²) in [4.78, 5) is 0. The van der Waals surface area contributed by atoms with Crippen molar-refractivity contribution in [3.63, 3.8) is 0 Å². The van der Waals surface area contributed by atoms with Gasteiger partial charge in [0.1, 0.15) is 0 Å². The third kappa shape index (κ3) is 31.3. The Balaban J connectivity index is 0. The Morgan fingerprint density at radius 1 is 1.00 bits per heavy atom. The van der Waals surface area contributed by atoms with E-state index in [1.165, 1.54) is 0 Å². The number of hydrogen-bond acceptors (Lipinski definition) is 1. The Morgan fingerprint density at radius 3 is 1.47 bits per heavy atom. The molecule has 0 N–H and O–H groups in total. The summed E-state index contributed by atoms with van der Waals surface area (Å²) < 4.78 is 65.6. The molecule has 0 rings (SSSR count). The number of hydrogen-bond donors (Lipinski definition) is 0. The van der Waals surface area contributed by atoms with Crippen LogP contribution in [0.5, 0.6) is 0 Å². The fourth-order valence-electron chi connectivity index (χ4n) is 0.512. The van der Waals surface area contributed by atoms with Gasteiger partial charge in [0.05, 0.1) is 27.7 Å². The number of rotatable bonds is 4. The van der Waals surface area contributed by atoms with Gasteiger partial charge in [-0.15, -0.1) is 0 Å². The molecule has 0 aromatic rings. The summed E-state index contributed by atoms with van der Waals surface area (Å²) in [6.07, 6.45) is 1.41. The van der Waals surface area contributed by atoms with Gasteiger partial charge in [-0.1, -0.05) is 6.92 Å². The molecular weight excluding hydrogens is 271 g/mol. The van der Waals surface area contributed by atoms with E-state index >= 15 is 0 Å².